The summed E-state index contributed by atoms with van der Waals surface area (Å²) in [4.78, 5) is 2.63. The van der Waals surface area contributed by atoms with E-state index in [2.05, 4.69) is 25.7 Å². The van der Waals surface area contributed by atoms with Crippen LogP contribution in [0.1, 0.15) is 40.0 Å². The maximum absolute atomic E-state index is 5.79. The van der Waals surface area contributed by atoms with Crippen molar-refractivity contribution < 1.29 is 4.74 Å². The monoisotopic (exact) mass is 183 g/mol. The van der Waals surface area contributed by atoms with Crippen molar-refractivity contribution in [2.45, 2.75) is 57.7 Å². The summed E-state index contributed by atoms with van der Waals surface area (Å²) in [6.45, 7) is 8.98. The van der Waals surface area contributed by atoms with Crippen molar-refractivity contribution in [2.24, 2.45) is 0 Å². The SMILES string of the molecule is CC(C)(C)N1CCO[C@H]2CCC[C@H]21. The Morgan fingerprint density at radius 1 is 1.23 bits per heavy atom. The Kier molecular flexibility index (Phi) is 2.37. The van der Waals surface area contributed by atoms with E-state index >= 15 is 0 Å². The van der Waals surface area contributed by atoms with Crippen molar-refractivity contribution >= 4 is 0 Å². The molecule has 2 nitrogen and oxygen atoms in total. The van der Waals surface area contributed by atoms with Crippen LogP contribution in [0.25, 0.3) is 0 Å². The van der Waals surface area contributed by atoms with Crippen LogP contribution in [0.5, 0.6) is 0 Å². The van der Waals surface area contributed by atoms with Gasteiger partial charge in [0.1, 0.15) is 0 Å². The summed E-state index contributed by atoms with van der Waals surface area (Å²) in [5, 5.41) is 0. The van der Waals surface area contributed by atoms with Crippen LogP contribution in [0.2, 0.25) is 0 Å². The molecular formula is C11H21NO. The number of hydrogen-bond acceptors (Lipinski definition) is 2. The van der Waals surface area contributed by atoms with Crippen molar-refractivity contribution in [3.8, 4) is 0 Å². The summed E-state index contributed by atoms with van der Waals surface area (Å²) in [6, 6.07) is 0.703. The molecule has 1 saturated heterocycles. The lowest BCUT2D eigenvalue weighted by Crippen LogP contribution is -2.56. The van der Waals surface area contributed by atoms with Gasteiger partial charge in [-0.3, -0.25) is 4.90 Å². The van der Waals surface area contributed by atoms with Crippen molar-refractivity contribution in [3.05, 3.63) is 0 Å². The molecule has 0 amide bonds. The first kappa shape index (κ1) is 9.47. The fourth-order valence-electron chi connectivity index (χ4n) is 2.76. The number of nitrogens with zero attached hydrogens (tertiary/aromatic N) is 1. The van der Waals surface area contributed by atoms with Crippen LogP contribution in [0.4, 0.5) is 0 Å². The lowest BCUT2D eigenvalue weighted by Gasteiger charge is -2.45. The lowest BCUT2D eigenvalue weighted by molar-refractivity contribution is -0.0871. The van der Waals surface area contributed by atoms with Gasteiger partial charge in [-0.1, -0.05) is 0 Å². The molecule has 1 saturated carbocycles. The predicted octanol–water partition coefficient (Wildman–Crippen LogP) is 2.04. The highest BCUT2D eigenvalue weighted by atomic mass is 16.5. The Hall–Kier alpha value is -0.0800. The largest absolute Gasteiger partial charge is 0.375 e. The molecular weight excluding hydrogens is 162 g/mol. The van der Waals surface area contributed by atoms with E-state index in [-0.39, 0.29) is 0 Å². The molecule has 0 aromatic heterocycles. The fourth-order valence-corrected chi connectivity index (χ4v) is 2.76. The van der Waals surface area contributed by atoms with Gasteiger partial charge in [0, 0.05) is 18.1 Å². The summed E-state index contributed by atoms with van der Waals surface area (Å²) in [5.41, 5.74) is 0.317. The van der Waals surface area contributed by atoms with Crippen molar-refractivity contribution in [1.82, 2.24) is 4.90 Å². The fraction of sp³-hybridized carbons (Fsp3) is 1.00. The third-order valence-corrected chi connectivity index (χ3v) is 3.34. The first-order valence-electron chi connectivity index (χ1n) is 5.47. The summed E-state index contributed by atoms with van der Waals surface area (Å²) < 4.78 is 5.79. The first-order valence-corrected chi connectivity index (χ1v) is 5.47. The Labute approximate surface area is 81.3 Å². The van der Waals surface area contributed by atoms with E-state index in [1.165, 1.54) is 19.3 Å². The van der Waals surface area contributed by atoms with E-state index in [9.17, 15) is 0 Å². The average Bonchev–Trinajstić information content (AvgIpc) is 2.48. The average molecular weight is 183 g/mol. The highest BCUT2D eigenvalue weighted by Crippen LogP contribution is 2.33. The van der Waals surface area contributed by atoms with Gasteiger partial charge in [-0.2, -0.15) is 0 Å². The summed E-state index contributed by atoms with van der Waals surface area (Å²) >= 11 is 0. The molecule has 0 bridgehead atoms. The smallest absolute Gasteiger partial charge is 0.0731 e. The van der Waals surface area contributed by atoms with Crippen LogP contribution in [0.15, 0.2) is 0 Å². The number of morpholine rings is 1. The molecule has 0 unspecified atom stereocenters. The van der Waals surface area contributed by atoms with Gasteiger partial charge in [0.2, 0.25) is 0 Å². The van der Waals surface area contributed by atoms with Crippen LogP contribution in [0, 0.1) is 0 Å². The number of hydrogen-bond donors (Lipinski definition) is 0. The molecule has 0 N–H and O–H groups in total. The third-order valence-electron chi connectivity index (χ3n) is 3.34. The molecule has 2 heteroatoms. The molecule has 2 rings (SSSR count). The zero-order chi connectivity index (χ0) is 9.47. The number of rotatable bonds is 0. The molecule has 1 aliphatic heterocycles. The highest BCUT2D eigenvalue weighted by Gasteiger charge is 2.40. The molecule has 0 radical (unpaired) electrons. The van der Waals surface area contributed by atoms with E-state index in [1.807, 2.05) is 0 Å². The Bertz CT molecular complexity index is 185. The molecule has 0 aromatic carbocycles. The van der Waals surface area contributed by atoms with Gasteiger partial charge in [-0.25, -0.2) is 0 Å². The molecule has 2 atom stereocenters. The molecule has 0 aromatic rings. The van der Waals surface area contributed by atoms with Crippen molar-refractivity contribution in [1.29, 1.82) is 0 Å². The minimum absolute atomic E-state index is 0.317. The molecule has 0 spiro atoms. The quantitative estimate of drug-likeness (QED) is 0.570. The van der Waals surface area contributed by atoms with Crippen LogP contribution in [-0.2, 0) is 4.74 Å². The normalized spacial score (nSPS) is 36.2. The van der Waals surface area contributed by atoms with Gasteiger partial charge < -0.3 is 4.74 Å². The Morgan fingerprint density at radius 3 is 2.69 bits per heavy atom. The summed E-state index contributed by atoms with van der Waals surface area (Å²) in [5.74, 6) is 0. The Balaban J connectivity index is 2.10. The van der Waals surface area contributed by atoms with Crippen LogP contribution >= 0.6 is 0 Å². The Morgan fingerprint density at radius 2 is 2.00 bits per heavy atom. The topological polar surface area (TPSA) is 12.5 Å². The molecule has 1 heterocycles. The van der Waals surface area contributed by atoms with Gasteiger partial charge in [-0.05, 0) is 40.0 Å². The molecule has 1 aliphatic carbocycles. The summed E-state index contributed by atoms with van der Waals surface area (Å²) in [7, 11) is 0. The number of ether oxygens (including phenoxy) is 1. The zero-order valence-electron chi connectivity index (χ0n) is 9.05. The second-order valence-corrected chi connectivity index (χ2v) is 5.27. The van der Waals surface area contributed by atoms with Gasteiger partial charge in [0.05, 0.1) is 12.7 Å². The van der Waals surface area contributed by atoms with Gasteiger partial charge in [0.15, 0.2) is 0 Å². The maximum atomic E-state index is 5.79. The summed E-state index contributed by atoms with van der Waals surface area (Å²) in [6.07, 6.45) is 4.49. The van der Waals surface area contributed by atoms with E-state index < -0.39 is 0 Å². The molecule has 13 heavy (non-hydrogen) atoms. The lowest BCUT2D eigenvalue weighted by atomic mass is 10.00. The van der Waals surface area contributed by atoms with Crippen molar-refractivity contribution in [2.75, 3.05) is 13.2 Å². The van der Waals surface area contributed by atoms with Crippen LogP contribution < -0.4 is 0 Å². The first-order chi connectivity index (χ1) is 6.09. The molecule has 76 valence electrons. The third kappa shape index (κ3) is 1.75. The standard InChI is InChI=1S/C11H21NO/c1-11(2,3)12-7-8-13-10-6-4-5-9(10)12/h9-10H,4-8H2,1-3H3/t9-,10+/m1/s1. The van der Waals surface area contributed by atoms with Crippen LogP contribution in [0.3, 0.4) is 0 Å². The predicted molar refractivity (Wildman–Crippen MR) is 53.8 cm³/mol. The van der Waals surface area contributed by atoms with E-state index in [1.54, 1.807) is 0 Å². The maximum Gasteiger partial charge on any atom is 0.0731 e. The zero-order valence-corrected chi connectivity index (χ0v) is 9.05. The highest BCUT2D eigenvalue weighted by molar-refractivity contribution is 4.94. The van der Waals surface area contributed by atoms with E-state index in [4.69, 9.17) is 4.74 Å². The van der Waals surface area contributed by atoms with Gasteiger partial charge in [-0.15, -0.1) is 0 Å². The van der Waals surface area contributed by atoms with Crippen LogP contribution in [-0.4, -0.2) is 35.7 Å². The minimum Gasteiger partial charge on any atom is -0.375 e. The molecule has 2 aliphatic rings. The van der Waals surface area contributed by atoms with Crippen molar-refractivity contribution in [3.63, 3.8) is 0 Å². The van der Waals surface area contributed by atoms with E-state index in [0.29, 0.717) is 17.7 Å². The number of fused-ring (bicyclic) bond motifs is 1. The van der Waals surface area contributed by atoms with E-state index in [0.717, 1.165) is 13.2 Å². The second kappa shape index (κ2) is 3.25. The van der Waals surface area contributed by atoms with Gasteiger partial charge >= 0.3 is 0 Å². The minimum atomic E-state index is 0.317. The second-order valence-electron chi connectivity index (χ2n) is 5.27. The molecule has 2 fully saturated rings. The van der Waals surface area contributed by atoms with Gasteiger partial charge in [0.25, 0.3) is 0 Å².